The standard InChI is InChI=1S/C22H29FN4O4S/c1-2-24-21(28)26(17-9-10-17)13-18-12-25-22(27(18)14-19-7-5-11-31-19)32(29,30)15-16-6-3-4-8-20(16)23/h3-4,6,8,12,17,19H,2,5,7,9-11,13-15H2,1H3,(H,24,28). The Hall–Kier alpha value is -2.46. The van der Waals surface area contributed by atoms with E-state index >= 15 is 0 Å². The molecule has 2 amide bonds. The SMILES string of the molecule is CCNC(=O)N(Cc1cnc(S(=O)(=O)Cc2ccccc2F)n1CC1CCCO1)C1CC1. The summed E-state index contributed by atoms with van der Waals surface area (Å²) in [5.41, 5.74) is 0.730. The van der Waals surface area contributed by atoms with Gasteiger partial charge in [0.15, 0.2) is 0 Å². The fraction of sp³-hybridized carbons (Fsp3) is 0.545. The van der Waals surface area contributed by atoms with Gasteiger partial charge in [-0.25, -0.2) is 22.6 Å². The highest BCUT2D eigenvalue weighted by atomic mass is 32.2. The second-order valence-corrected chi connectivity index (χ2v) is 10.2. The molecule has 1 saturated carbocycles. The summed E-state index contributed by atoms with van der Waals surface area (Å²) in [5.74, 6) is -1.05. The van der Waals surface area contributed by atoms with E-state index in [2.05, 4.69) is 10.3 Å². The van der Waals surface area contributed by atoms with Gasteiger partial charge in [0.25, 0.3) is 0 Å². The predicted octanol–water partition coefficient (Wildman–Crippen LogP) is 2.87. The van der Waals surface area contributed by atoms with Crippen LogP contribution < -0.4 is 5.32 Å². The van der Waals surface area contributed by atoms with Crippen LogP contribution in [-0.2, 0) is 33.4 Å². The Labute approximate surface area is 187 Å². The molecule has 1 aliphatic heterocycles. The number of sulfone groups is 1. The molecule has 1 atom stereocenters. The average Bonchev–Trinajstić information content (AvgIpc) is 3.30. The lowest BCUT2D eigenvalue weighted by molar-refractivity contribution is 0.0934. The summed E-state index contributed by atoms with van der Waals surface area (Å²) in [5, 5.41) is 2.72. The zero-order valence-corrected chi connectivity index (χ0v) is 19.0. The number of hydrogen-bond donors (Lipinski definition) is 1. The lowest BCUT2D eigenvalue weighted by atomic mass is 10.2. The minimum Gasteiger partial charge on any atom is -0.376 e. The number of imidazole rings is 1. The molecule has 0 radical (unpaired) electrons. The molecule has 2 heterocycles. The Bertz CT molecular complexity index is 1060. The van der Waals surface area contributed by atoms with Gasteiger partial charge in [-0.1, -0.05) is 18.2 Å². The highest BCUT2D eigenvalue weighted by molar-refractivity contribution is 7.90. The first-order valence-electron chi connectivity index (χ1n) is 11.1. The minimum atomic E-state index is -3.92. The molecule has 10 heteroatoms. The quantitative estimate of drug-likeness (QED) is 0.616. The van der Waals surface area contributed by atoms with Gasteiger partial charge in [-0.05, 0) is 38.7 Å². The second-order valence-electron chi connectivity index (χ2n) is 8.32. The highest BCUT2D eigenvalue weighted by Gasteiger charge is 2.34. The van der Waals surface area contributed by atoms with Crippen molar-refractivity contribution in [3.8, 4) is 0 Å². The Morgan fingerprint density at radius 3 is 2.75 bits per heavy atom. The van der Waals surface area contributed by atoms with E-state index in [1.165, 1.54) is 24.4 Å². The molecule has 2 aromatic rings. The van der Waals surface area contributed by atoms with Gasteiger partial charge < -0.3 is 19.5 Å². The molecule has 174 valence electrons. The van der Waals surface area contributed by atoms with Crippen LogP contribution in [0.3, 0.4) is 0 Å². The van der Waals surface area contributed by atoms with Crippen molar-refractivity contribution < 1.29 is 22.3 Å². The maximum atomic E-state index is 14.1. The molecule has 1 aromatic heterocycles. The van der Waals surface area contributed by atoms with Crippen molar-refractivity contribution in [1.82, 2.24) is 19.8 Å². The number of amides is 2. The molecule has 0 spiro atoms. The largest absolute Gasteiger partial charge is 0.376 e. The van der Waals surface area contributed by atoms with Crippen molar-refractivity contribution in [3.63, 3.8) is 0 Å². The third kappa shape index (κ3) is 5.12. The number of halogens is 1. The number of hydrogen-bond acceptors (Lipinski definition) is 5. The van der Waals surface area contributed by atoms with Gasteiger partial charge in [0.2, 0.25) is 15.0 Å². The Balaban J connectivity index is 1.65. The van der Waals surface area contributed by atoms with Crippen molar-refractivity contribution >= 4 is 15.9 Å². The summed E-state index contributed by atoms with van der Waals surface area (Å²) < 4.78 is 48.0. The first kappa shape index (κ1) is 22.7. The van der Waals surface area contributed by atoms with Crippen LogP contribution in [0.5, 0.6) is 0 Å². The van der Waals surface area contributed by atoms with E-state index in [0.717, 1.165) is 25.7 Å². The molecule has 4 rings (SSSR count). The van der Waals surface area contributed by atoms with E-state index < -0.39 is 21.4 Å². The van der Waals surface area contributed by atoms with Gasteiger partial charge in [0.1, 0.15) is 5.82 Å². The molecule has 1 aliphatic carbocycles. The van der Waals surface area contributed by atoms with E-state index in [1.807, 2.05) is 6.92 Å². The van der Waals surface area contributed by atoms with Crippen molar-refractivity contribution in [2.24, 2.45) is 0 Å². The molecular formula is C22H29FN4O4S. The van der Waals surface area contributed by atoms with Crippen LogP contribution in [0.25, 0.3) is 0 Å². The van der Waals surface area contributed by atoms with Gasteiger partial charge in [0, 0.05) is 24.8 Å². The van der Waals surface area contributed by atoms with Crippen LogP contribution in [0.4, 0.5) is 9.18 Å². The summed E-state index contributed by atoms with van der Waals surface area (Å²) >= 11 is 0. The van der Waals surface area contributed by atoms with Crippen molar-refractivity contribution in [1.29, 1.82) is 0 Å². The van der Waals surface area contributed by atoms with E-state index in [1.54, 1.807) is 15.5 Å². The zero-order chi connectivity index (χ0) is 22.7. The lowest BCUT2D eigenvalue weighted by Gasteiger charge is -2.24. The minimum absolute atomic E-state index is 0.0997. The van der Waals surface area contributed by atoms with Gasteiger partial charge in [-0.3, -0.25) is 0 Å². The summed E-state index contributed by atoms with van der Waals surface area (Å²) in [6.07, 6.45) is 4.98. The monoisotopic (exact) mass is 464 g/mol. The first-order chi connectivity index (χ1) is 15.4. The molecule has 32 heavy (non-hydrogen) atoms. The topological polar surface area (TPSA) is 93.5 Å². The van der Waals surface area contributed by atoms with E-state index in [0.29, 0.717) is 25.4 Å². The fourth-order valence-electron chi connectivity index (χ4n) is 4.02. The summed E-state index contributed by atoms with van der Waals surface area (Å²) in [6.45, 7) is 3.59. The van der Waals surface area contributed by atoms with Gasteiger partial charge >= 0.3 is 6.03 Å². The zero-order valence-electron chi connectivity index (χ0n) is 18.2. The molecule has 2 aliphatic rings. The van der Waals surface area contributed by atoms with Gasteiger partial charge in [0.05, 0.1) is 36.8 Å². The maximum Gasteiger partial charge on any atom is 0.317 e. The fourth-order valence-corrected chi connectivity index (χ4v) is 5.53. The van der Waals surface area contributed by atoms with Crippen molar-refractivity contribution in [2.45, 2.75) is 68.8 Å². The summed E-state index contributed by atoms with van der Waals surface area (Å²) in [7, 11) is -3.92. The Morgan fingerprint density at radius 2 is 2.09 bits per heavy atom. The number of nitrogens with one attached hydrogen (secondary N) is 1. The van der Waals surface area contributed by atoms with Crippen LogP contribution >= 0.6 is 0 Å². The molecule has 1 unspecified atom stereocenters. The third-order valence-electron chi connectivity index (χ3n) is 5.80. The molecule has 2 fully saturated rings. The molecule has 1 N–H and O–H groups in total. The molecule has 0 bridgehead atoms. The smallest absolute Gasteiger partial charge is 0.317 e. The maximum absolute atomic E-state index is 14.1. The normalized spacial score (nSPS) is 18.6. The van der Waals surface area contributed by atoms with Crippen LogP contribution in [-0.4, -0.2) is 54.2 Å². The first-order valence-corrected chi connectivity index (χ1v) is 12.7. The predicted molar refractivity (Wildman–Crippen MR) is 116 cm³/mol. The van der Waals surface area contributed by atoms with Gasteiger partial charge in [-0.2, -0.15) is 0 Å². The average molecular weight is 465 g/mol. The Morgan fingerprint density at radius 1 is 1.31 bits per heavy atom. The molecule has 1 saturated heterocycles. The van der Waals surface area contributed by atoms with Gasteiger partial charge in [-0.15, -0.1) is 0 Å². The number of nitrogens with zero attached hydrogens (tertiary/aromatic N) is 3. The molecule has 1 aromatic carbocycles. The second kappa shape index (κ2) is 9.58. The highest BCUT2D eigenvalue weighted by Crippen LogP contribution is 2.30. The van der Waals surface area contributed by atoms with E-state index in [4.69, 9.17) is 4.74 Å². The Kier molecular flexibility index (Phi) is 6.80. The molecular weight excluding hydrogens is 435 g/mol. The van der Waals surface area contributed by atoms with Crippen LogP contribution in [0.15, 0.2) is 35.6 Å². The van der Waals surface area contributed by atoms with Crippen LogP contribution in [0.1, 0.15) is 43.9 Å². The number of carbonyl (C=O) groups excluding carboxylic acids is 1. The number of urea groups is 1. The van der Waals surface area contributed by atoms with E-state index in [-0.39, 0.29) is 35.4 Å². The van der Waals surface area contributed by atoms with E-state index in [9.17, 15) is 17.6 Å². The van der Waals surface area contributed by atoms with Crippen molar-refractivity contribution in [3.05, 3.63) is 47.5 Å². The number of benzene rings is 1. The molecule has 8 nitrogen and oxygen atoms in total. The lowest BCUT2D eigenvalue weighted by Crippen LogP contribution is -2.41. The number of rotatable bonds is 9. The van der Waals surface area contributed by atoms with Crippen LogP contribution in [0.2, 0.25) is 0 Å². The van der Waals surface area contributed by atoms with Crippen molar-refractivity contribution in [2.75, 3.05) is 13.2 Å². The summed E-state index contributed by atoms with van der Waals surface area (Å²) in [4.78, 5) is 18.5. The third-order valence-corrected chi connectivity index (χ3v) is 7.38. The number of carbonyl (C=O) groups is 1. The summed E-state index contributed by atoms with van der Waals surface area (Å²) in [6, 6.07) is 5.81. The number of ether oxygens (including phenoxy) is 1. The number of aromatic nitrogens is 2. The van der Waals surface area contributed by atoms with Crippen LogP contribution in [0, 0.1) is 5.82 Å².